The maximum Gasteiger partial charge on any atom is 0.244 e. The number of halogens is 3. The zero-order chi connectivity index (χ0) is 27.2. The summed E-state index contributed by atoms with van der Waals surface area (Å²) in [5, 5.41) is 3.51. The Balaban J connectivity index is 2.06. The van der Waals surface area contributed by atoms with Crippen molar-refractivity contribution in [3.63, 3.8) is 0 Å². The number of nitrogens with zero attached hydrogens (tertiary/aromatic N) is 2. The third kappa shape index (κ3) is 7.61. The van der Waals surface area contributed by atoms with Crippen LogP contribution in [0.5, 0.6) is 0 Å². The number of anilines is 1. The molecule has 0 aliphatic heterocycles. The summed E-state index contributed by atoms with van der Waals surface area (Å²) in [5.41, 5.74) is 1.52. The molecule has 0 saturated carbocycles. The van der Waals surface area contributed by atoms with Crippen molar-refractivity contribution >= 4 is 62.3 Å². The molecule has 7 nitrogen and oxygen atoms in total. The van der Waals surface area contributed by atoms with Crippen LogP contribution in [0.25, 0.3) is 0 Å². The lowest BCUT2D eigenvalue weighted by Gasteiger charge is -2.33. The van der Waals surface area contributed by atoms with Gasteiger partial charge in [-0.2, -0.15) is 0 Å². The maximum atomic E-state index is 13.8. The molecule has 196 valence electrons. The fraction of sp³-hybridized carbons (Fsp3) is 0.231. The molecular formula is C26H26Cl3N3O4S. The van der Waals surface area contributed by atoms with Crippen LogP contribution in [0.4, 0.5) is 5.69 Å². The Labute approximate surface area is 232 Å². The molecule has 1 N–H and O–H groups in total. The van der Waals surface area contributed by atoms with E-state index < -0.39 is 34.4 Å². The summed E-state index contributed by atoms with van der Waals surface area (Å²) in [6.45, 7) is -0.629. The van der Waals surface area contributed by atoms with Gasteiger partial charge in [-0.1, -0.05) is 83.3 Å². The molecular weight excluding hydrogens is 557 g/mol. The van der Waals surface area contributed by atoms with Gasteiger partial charge in [-0.15, -0.1) is 0 Å². The van der Waals surface area contributed by atoms with Crippen LogP contribution >= 0.6 is 34.8 Å². The Hall–Kier alpha value is -2.78. The smallest absolute Gasteiger partial charge is 0.244 e. The summed E-state index contributed by atoms with van der Waals surface area (Å²) in [4.78, 5) is 28.3. The highest BCUT2D eigenvalue weighted by Crippen LogP contribution is 2.28. The first kappa shape index (κ1) is 28.8. The Morgan fingerprint density at radius 2 is 1.57 bits per heavy atom. The van der Waals surface area contributed by atoms with Crippen molar-refractivity contribution in [2.45, 2.75) is 19.0 Å². The Morgan fingerprint density at radius 1 is 0.919 bits per heavy atom. The van der Waals surface area contributed by atoms with E-state index in [-0.39, 0.29) is 23.7 Å². The average Bonchev–Trinajstić information content (AvgIpc) is 2.85. The third-order valence-electron chi connectivity index (χ3n) is 5.67. The van der Waals surface area contributed by atoms with E-state index in [1.807, 2.05) is 30.3 Å². The first-order valence-corrected chi connectivity index (χ1v) is 14.2. The SMILES string of the molecule is CNC(=O)[C@H](Cc1ccccc1)N(Cc1ccc(Cl)cc1Cl)C(=O)CN(c1ccccc1Cl)S(C)(=O)=O. The standard InChI is InChI=1S/C26H26Cl3N3O4S/c1-30-26(34)24(14-18-8-4-3-5-9-18)31(16-19-12-13-20(27)15-22(19)29)25(33)17-32(37(2,35)36)23-11-7-6-10-21(23)28/h3-13,15,24H,14,16-17H2,1-2H3,(H,30,34)/t24-/m0/s1. The van der Waals surface area contributed by atoms with Crippen LogP contribution in [0.2, 0.25) is 15.1 Å². The van der Waals surface area contributed by atoms with E-state index in [1.165, 1.54) is 24.1 Å². The molecule has 0 aliphatic carbocycles. The van der Waals surface area contributed by atoms with E-state index in [1.54, 1.807) is 30.3 Å². The van der Waals surface area contributed by atoms with Gasteiger partial charge in [0.1, 0.15) is 12.6 Å². The molecule has 0 saturated heterocycles. The number of amides is 2. The molecule has 0 fully saturated rings. The minimum Gasteiger partial charge on any atom is -0.357 e. The molecule has 0 spiro atoms. The number of hydrogen-bond acceptors (Lipinski definition) is 4. The van der Waals surface area contributed by atoms with Crippen molar-refractivity contribution in [1.82, 2.24) is 10.2 Å². The van der Waals surface area contributed by atoms with Gasteiger partial charge in [-0.05, 0) is 35.4 Å². The molecule has 0 aromatic heterocycles. The highest BCUT2D eigenvalue weighted by Gasteiger charge is 2.33. The predicted octanol–water partition coefficient (Wildman–Crippen LogP) is 4.80. The summed E-state index contributed by atoms with van der Waals surface area (Å²) in [5.74, 6) is -1.02. The topological polar surface area (TPSA) is 86.8 Å². The van der Waals surface area contributed by atoms with E-state index in [4.69, 9.17) is 34.8 Å². The fourth-order valence-corrected chi connectivity index (χ4v) is 5.42. The van der Waals surface area contributed by atoms with E-state index in [0.717, 1.165) is 16.1 Å². The van der Waals surface area contributed by atoms with Crippen LogP contribution in [0.3, 0.4) is 0 Å². The number of sulfonamides is 1. The molecule has 3 aromatic carbocycles. The first-order valence-electron chi connectivity index (χ1n) is 11.2. The zero-order valence-corrected chi connectivity index (χ0v) is 23.3. The second-order valence-electron chi connectivity index (χ2n) is 8.30. The number of carbonyl (C=O) groups is 2. The monoisotopic (exact) mass is 581 g/mol. The molecule has 11 heteroatoms. The minimum atomic E-state index is -3.91. The first-order chi connectivity index (χ1) is 17.5. The van der Waals surface area contributed by atoms with Crippen LogP contribution in [0, 0.1) is 0 Å². The van der Waals surface area contributed by atoms with Crippen molar-refractivity contribution in [2.24, 2.45) is 0 Å². The lowest BCUT2D eigenvalue weighted by atomic mass is 10.0. The van der Waals surface area contributed by atoms with Crippen molar-refractivity contribution in [3.8, 4) is 0 Å². The molecule has 37 heavy (non-hydrogen) atoms. The van der Waals surface area contributed by atoms with Crippen molar-refractivity contribution in [1.29, 1.82) is 0 Å². The summed E-state index contributed by atoms with van der Waals surface area (Å²) in [7, 11) is -2.43. The normalized spacial score (nSPS) is 12.0. The molecule has 2 amide bonds. The Bertz CT molecular complexity index is 1370. The van der Waals surface area contributed by atoms with Gasteiger partial charge in [0.15, 0.2) is 0 Å². The number of carbonyl (C=O) groups excluding carboxylic acids is 2. The molecule has 0 unspecified atom stereocenters. The van der Waals surface area contributed by atoms with Gasteiger partial charge < -0.3 is 10.2 Å². The summed E-state index contributed by atoms with van der Waals surface area (Å²) in [6.07, 6.45) is 1.19. The number of nitrogens with one attached hydrogen (secondary N) is 1. The van der Waals surface area contributed by atoms with Gasteiger partial charge in [-0.3, -0.25) is 13.9 Å². The van der Waals surface area contributed by atoms with Crippen molar-refractivity contribution in [2.75, 3.05) is 24.2 Å². The average molecular weight is 583 g/mol. The second kappa shape index (κ2) is 12.6. The van der Waals surface area contributed by atoms with E-state index >= 15 is 0 Å². The quantitative estimate of drug-likeness (QED) is 0.372. The Morgan fingerprint density at radius 3 is 2.16 bits per heavy atom. The molecule has 0 bridgehead atoms. The van der Waals surface area contributed by atoms with Crippen molar-refractivity contribution < 1.29 is 18.0 Å². The maximum absolute atomic E-state index is 13.8. The molecule has 1 atom stereocenters. The second-order valence-corrected chi connectivity index (χ2v) is 11.5. The van der Waals surface area contributed by atoms with Gasteiger partial charge in [-0.25, -0.2) is 8.42 Å². The molecule has 0 radical (unpaired) electrons. The minimum absolute atomic E-state index is 0.0557. The lowest BCUT2D eigenvalue weighted by molar-refractivity contribution is -0.139. The van der Waals surface area contributed by atoms with Gasteiger partial charge in [0.05, 0.1) is 17.0 Å². The molecule has 3 rings (SSSR count). The molecule has 0 heterocycles. The van der Waals surface area contributed by atoms with Gasteiger partial charge in [0.2, 0.25) is 21.8 Å². The number of rotatable bonds is 10. The Kier molecular flexibility index (Phi) is 9.84. The number of benzene rings is 3. The zero-order valence-electron chi connectivity index (χ0n) is 20.2. The molecule has 3 aromatic rings. The van der Waals surface area contributed by atoms with Crippen molar-refractivity contribution in [3.05, 3.63) is 99.0 Å². The number of para-hydroxylation sites is 1. The summed E-state index contributed by atoms with van der Waals surface area (Å²) >= 11 is 18.7. The van der Waals surface area contributed by atoms with Crippen LogP contribution in [-0.2, 0) is 32.6 Å². The molecule has 0 aliphatic rings. The van der Waals surface area contributed by atoms with Gasteiger partial charge >= 0.3 is 0 Å². The highest BCUT2D eigenvalue weighted by atomic mass is 35.5. The van der Waals surface area contributed by atoms with E-state index in [0.29, 0.717) is 15.6 Å². The van der Waals surface area contributed by atoms with Crippen LogP contribution in [0.1, 0.15) is 11.1 Å². The largest absolute Gasteiger partial charge is 0.357 e. The van der Waals surface area contributed by atoms with E-state index in [9.17, 15) is 18.0 Å². The van der Waals surface area contributed by atoms with Crippen LogP contribution in [-0.4, -0.2) is 51.0 Å². The lowest BCUT2D eigenvalue weighted by Crippen LogP contribution is -2.53. The third-order valence-corrected chi connectivity index (χ3v) is 7.71. The summed E-state index contributed by atoms with van der Waals surface area (Å²) in [6, 6.07) is 19.4. The summed E-state index contributed by atoms with van der Waals surface area (Å²) < 4.78 is 26.4. The van der Waals surface area contributed by atoms with Gasteiger partial charge in [0.25, 0.3) is 0 Å². The number of hydrogen-bond donors (Lipinski definition) is 1. The van der Waals surface area contributed by atoms with Crippen LogP contribution in [0.15, 0.2) is 72.8 Å². The number of likely N-dealkylation sites (N-methyl/N-ethyl adjacent to an activating group) is 1. The van der Waals surface area contributed by atoms with E-state index in [2.05, 4.69) is 5.32 Å². The predicted molar refractivity (Wildman–Crippen MR) is 149 cm³/mol. The fourth-order valence-electron chi connectivity index (χ4n) is 3.80. The van der Waals surface area contributed by atoms with Crippen LogP contribution < -0.4 is 9.62 Å². The highest BCUT2D eigenvalue weighted by molar-refractivity contribution is 7.92. The van der Waals surface area contributed by atoms with Gasteiger partial charge in [0, 0.05) is 30.1 Å².